The van der Waals surface area contributed by atoms with Gasteiger partial charge in [0.25, 0.3) is 0 Å². The van der Waals surface area contributed by atoms with Crippen LogP contribution in [-0.2, 0) is 30.7 Å². The Balaban J connectivity index is 1.21. The van der Waals surface area contributed by atoms with Crippen LogP contribution in [0.4, 0.5) is 0 Å². The van der Waals surface area contributed by atoms with Crippen molar-refractivity contribution in [3.05, 3.63) is 65.7 Å². The zero-order valence-electron chi connectivity index (χ0n) is 17.9. The van der Waals surface area contributed by atoms with E-state index in [-0.39, 0.29) is 30.5 Å². The average Bonchev–Trinajstić information content (AvgIpc) is 3.32. The lowest BCUT2D eigenvalue weighted by molar-refractivity contribution is -0.143. The number of hydrogen-bond donors (Lipinski definition) is 0. The summed E-state index contributed by atoms with van der Waals surface area (Å²) in [5.74, 6) is 0.120. The first-order valence-corrected chi connectivity index (χ1v) is 12.8. The van der Waals surface area contributed by atoms with E-state index in [1.165, 1.54) is 27.8 Å². The fourth-order valence-electron chi connectivity index (χ4n) is 3.26. The summed E-state index contributed by atoms with van der Waals surface area (Å²) in [5, 5.41) is 2.72. The molecule has 0 atom stereocenters. The van der Waals surface area contributed by atoms with Gasteiger partial charge in [-0.25, -0.2) is 13.4 Å². The Morgan fingerprint density at radius 3 is 2.48 bits per heavy atom. The van der Waals surface area contributed by atoms with Crippen LogP contribution in [0.5, 0.6) is 5.75 Å². The molecule has 174 valence electrons. The van der Waals surface area contributed by atoms with E-state index < -0.39 is 10.0 Å². The van der Waals surface area contributed by atoms with Gasteiger partial charge in [-0.15, -0.1) is 11.3 Å². The molecule has 1 fully saturated rings. The van der Waals surface area contributed by atoms with E-state index >= 15 is 0 Å². The van der Waals surface area contributed by atoms with E-state index in [0.29, 0.717) is 37.7 Å². The summed E-state index contributed by atoms with van der Waals surface area (Å²) in [6.07, 6.45) is 0.0947. The fraction of sp³-hybridized carbons (Fsp3) is 0.304. The summed E-state index contributed by atoms with van der Waals surface area (Å²) in [6.45, 7) is 1.74. The molecule has 1 aliphatic heterocycles. The fourth-order valence-corrected chi connectivity index (χ4v) is 5.49. The summed E-state index contributed by atoms with van der Waals surface area (Å²) in [5.41, 5.74) is 1.68. The molecule has 1 saturated heterocycles. The zero-order valence-corrected chi connectivity index (χ0v) is 19.5. The van der Waals surface area contributed by atoms with Crippen LogP contribution in [0.15, 0.2) is 64.9 Å². The van der Waals surface area contributed by atoms with E-state index in [1.54, 1.807) is 12.1 Å². The van der Waals surface area contributed by atoms with Crippen molar-refractivity contribution < 1.29 is 27.4 Å². The largest absolute Gasteiger partial charge is 0.490 e. The first kappa shape index (κ1) is 23.4. The third-order valence-electron chi connectivity index (χ3n) is 4.94. The number of benzene rings is 2. The molecule has 2 aromatic carbocycles. The van der Waals surface area contributed by atoms with Crippen molar-refractivity contribution in [2.75, 3.05) is 39.5 Å². The molecule has 10 heteroatoms. The van der Waals surface area contributed by atoms with E-state index in [0.717, 1.165) is 10.6 Å². The van der Waals surface area contributed by atoms with Gasteiger partial charge in [-0.2, -0.15) is 4.31 Å². The molecule has 0 aliphatic carbocycles. The number of rotatable bonds is 9. The number of aromatic nitrogens is 1. The van der Waals surface area contributed by atoms with Crippen LogP contribution in [0, 0.1) is 0 Å². The van der Waals surface area contributed by atoms with Gasteiger partial charge in [0.2, 0.25) is 10.0 Å². The summed E-state index contributed by atoms with van der Waals surface area (Å²) >= 11 is 1.49. The Morgan fingerprint density at radius 2 is 1.76 bits per heavy atom. The van der Waals surface area contributed by atoms with Crippen LogP contribution in [0.2, 0.25) is 0 Å². The van der Waals surface area contributed by atoms with Crippen LogP contribution in [0.3, 0.4) is 0 Å². The minimum absolute atomic E-state index is 0.0857. The van der Waals surface area contributed by atoms with Gasteiger partial charge in [-0.3, -0.25) is 4.79 Å². The van der Waals surface area contributed by atoms with Crippen LogP contribution in [0.25, 0.3) is 10.6 Å². The topological polar surface area (TPSA) is 95.0 Å². The first-order chi connectivity index (χ1) is 16.0. The summed E-state index contributed by atoms with van der Waals surface area (Å²) in [4.78, 5) is 16.8. The lowest BCUT2D eigenvalue weighted by atomic mass is 10.2. The molecule has 0 N–H and O–H groups in total. The Labute approximate surface area is 196 Å². The third-order valence-corrected chi connectivity index (χ3v) is 7.80. The molecule has 33 heavy (non-hydrogen) atoms. The molecule has 2 heterocycles. The lowest BCUT2D eigenvalue weighted by Crippen LogP contribution is -2.40. The van der Waals surface area contributed by atoms with E-state index in [2.05, 4.69) is 4.98 Å². The van der Waals surface area contributed by atoms with E-state index in [4.69, 9.17) is 14.2 Å². The predicted octanol–water partition coefficient (Wildman–Crippen LogP) is 3.00. The average molecular weight is 489 g/mol. The number of morpholine rings is 1. The van der Waals surface area contributed by atoms with Gasteiger partial charge in [-0.05, 0) is 24.3 Å². The molecule has 1 aliphatic rings. The Morgan fingerprint density at radius 1 is 1.03 bits per heavy atom. The van der Waals surface area contributed by atoms with Gasteiger partial charge in [0.1, 0.15) is 24.0 Å². The standard InChI is InChI=1S/C23H24N2O6S2/c26-22(16-19-17-32-23(24-19)18-4-2-1-3-5-18)31-15-14-30-20-6-8-21(9-7-20)33(27,28)25-10-12-29-13-11-25/h1-9,17H,10-16H2. The molecule has 0 spiro atoms. The van der Waals surface area contributed by atoms with Crippen molar-refractivity contribution in [1.82, 2.24) is 9.29 Å². The summed E-state index contributed by atoms with van der Waals surface area (Å²) in [6, 6.07) is 16.0. The van der Waals surface area contributed by atoms with Gasteiger partial charge in [-0.1, -0.05) is 30.3 Å². The maximum absolute atomic E-state index is 12.6. The van der Waals surface area contributed by atoms with Crippen LogP contribution in [0.1, 0.15) is 5.69 Å². The number of ether oxygens (including phenoxy) is 3. The second-order valence-electron chi connectivity index (χ2n) is 7.24. The van der Waals surface area contributed by atoms with Gasteiger partial charge in [0, 0.05) is 24.0 Å². The number of esters is 1. The van der Waals surface area contributed by atoms with Crippen molar-refractivity contribution in [3.8, 4) is 16.3 Å². The Hall–Kier alpha value is -2.79. The van der Waals surface area contributed by atoms with Gasteiger partial charge in [0.05, 0.1) is 30.2 Å². The van der Waals surface area contributed by atoms with E-state index in [1.807, 2.05) is 35.7 Å². The number of hydrogen-bond acceptors (Lipinski definition) is 8. The number of nitrogens with zero attached hydrogens (tertiary/aromatic N) is 2. The molecule has 0 unspecified atom stereocenters. The minimum Gasteiger partial charge on any atom is -0.490 e. The highest BCUT2D eigenvalue weighted by molar-refractivity contribution is 7.89. The van der Waals surface area contributed by atoms with Crippen molar-refractivity contribution >= 4 is 27.3 Å². The van der Waals surface area contributed by atoms with Gasteiger partial charge >= 0.3 is 5.97 Å². The zero-order chi connectivity index (χ0) is 23.1. The van der Waals surface area contributed by atoms with Crippen LogP contribution in [-0.4, -0.2) is 63.2 Å². The van der Waals surface area contributed by atoms with E-state index in [9.17, 15) is 13.2 Å². The number of carbonyl (C=O) groups is 1. The quantitative estimate of drug-likeness (QED) is 0.338. The molecular formula is C23H24N2O6S2. The molecule has 1 aromatic heterocycles. The van der Waals surface area contributed by atoms with Gasteiger partial charge < -0.3 is 14.2 Å². The van der Waals surface area contributed by atoms with Crippen molar-refractivity contribution in [1.29, 1.82) is 0 Å². The Kier molecular flexibility index (Phi) is 7.71. The normalized spacial score (nSPS) is 14.7. The second-order valence-corrected chi connectivity index (χ2v) is 10.0. The van der Waals surface area contributed by atoms with Gasteiger partial charge in [0.15, 0.2) is 0 Å². The predicted molar refractivity (Wildman–Crippen MR) is 124 cm³/mol. The van der Waals surface area contributed by atoms with Crippen molar-refractivity contribution in [2.24, 2.45) is 0 Å². The lowest BCUT2D eigenvalue weighted by Gasteiger charge is -2.26. The maximum atomic E-state index is 12.6. The molecule has 8 nitrogen and oxygen atoms in total. The SMILES string of the molecule is O=C(Cc1csc(-c2ccccc2)n1)OCCOc1ccc(S(=O)(=O)N2CCOCC2)cc1. The highest BCUT2D eigenvalue weighted by Gasteiger charge is 2.26. The monoisotopic (exact) mass is 488 g/mol. The number of thiazole rings is 1. The highest BCUT2D eigenvalue weighted by atomic mass is 32.2. The second kappa shape index (κ2) is 10.9. The third kappa shape index (κ3) is 6.17. The smallest absolute Gasteiger partial charge is 0.312 e. The molecule has 3 aromatic rings. The maximum Gasteiger partial charge on any atom is 0.312 e. The molecular weight excluding hydrogens is 464 g/mol. The first-order valence-electron chi connectivity index (χ1n) is 10.5. The summed E-state index contributed by atoms with van der Waals surface area (Å²) in [7, 11) is -3.54. The van der Waals surface area contributed by atoms with Crippen LogP contribution < -0.4 is 4.74 Å². The minimum atomic E-state index is -3.54. The van der Waals surface area contributed by atoms with Crippen molar-refractivity contribution in [3.63, 3.8) is 0 Å². The highest BCUT2D eigenvalue weighted by Crippen LogP contribution is 2.24. The number of carbonyl (C=O) groups excluding carboxylic acids is 1. The molecule has 0 bridgehead atoms. The molecule has 0 saturated carbocycles. The molecule has 0 radical (unpaired) electrons. The summed E-state index contributed by atoms with van der Waals surface area (Å²) < 4.78 is 42.7. The van der Waals surface area contributed by atoms with Crippen molar-refractivity contribution in [2.45, 2.75) is 11.3 Å². The molecule has 0 amide bonds. The van der Waals surface area contributed by atoms with Crippen LogP contribution >= 0.6 is 11.3 Å². The molecule has 4 rings (SSSR count). The Bertz CT molecular complexity index is 1160. The number of sulfonamides is 1.